The third-order valence-corrected chi connectivity index (χ3v) is 6.55. The maximum atomic E-state index is 13.3. The van der Waals surface area contributed by atoms with Crippen LogP contribution in [0.15, 0.2) is 66.9 Å². The first-order chi connectivity index (χ1) is 17.3. The molecule has 1 saturated heterocycles. The number of benzene rings is 2. The van der Waals surface area contributed by atoms with Gasteiger partial charge in [-0.15, -0.1) is 0 Å². The van der Waals surface area contributed by atoms with Crippen molar-refractivity contribution in [2.24, 2.45) is 0 Å². The van der Waals surface area contributed by atoms with Gasteiger partial charge in [-0.05, 0) is 53.9 Å². The van der Waals surface area contributed by atoms with Gasteiger partial charge in [0.05, 0.1) is 30.2 Å². The Labute approximate surface area is 211 Å². The van der Waals surface area contributed by atoms with Crippen LogP contribution in [0.25, 0.3) is 28.0 Å². The smallest absolute Gasteiger partial charge is 0.378 e. The number of carbonyl (C=O) groups excluding carboxylic acids is 1. The van der Waals surface area contributed by atoms with Gasteiger partial charge in [0.1, 0.15) is 5.65 Å². The van der Waals surface area contributed by atoms with Crippen molar-refractivity contribution in [3.05, 3.63) is 83.1 Å². The molecule has 0 N–H and O–H groups in total. The zero-order chi connectivity index (χ0) is 25.3. The van der Waals surface area contributed by atoms with Gasteiger partial charge in [-0.3, -0.25) is 4.79 Å². The van der Waals surface area contributed by atoms with Crippen LogP contribution in [-0.2, 0) is 22.1 Å². The van der Waals surface area contributed by atoms with Crippen molar-refractivity contribution in [3.8, 4) is 22.4 Å². The predicted octanol–water partition coefficient (Wildman–Crippen LogP) is 6.13. The second-order valence-electron chi connectivity index (χ2n) is 8.63. The number of hydrogen-bond donors (Lipinski definition) is 0. The number of nitrogens with zero attached hydrogens (tertiary/aromatic N) is 3. The van der Waals surface area contributed by atoms with Crippen LogP contribution in [0.5, 0.6) is 0 Å². The van der Waals surface area contributed by atoms with E-state index in [1.807, 2.05) is 16.5 Å². The standard InChI is InChI=1S/C27H23ClF3N3O2/c28-22-7-4-18(5-8-22)26-23(9-11-25(35)33-12-14-36-15-13-33)34-17-20(6-10-24(34)32-26)19-2-1-3-21(16-19)27(29,30)31/h1-8,10,16-17H,9,11-15H2. The number of carbonyl (C=O) groups is 1. The fourth-order valence-corrected chi connectivity index (χ4v) is 4.54. The van der Waals surface area contributed by atoms with Crippen molar-refractivity contribution in [3.63, 3.8) is 0 Å². The third-order valence-electron chi connectivity index (χ3n) is 6.30. The summed E-state index contributed by atoms with van der Waals surface area (Å²) < 4.78 is 47.1. The van der Waals surface area contributed by atoms with E-state index in [0.29, 0.717) is 60.2 Å². The maximum Gasteiger partial charge on any atom is 0.416 e. The highest BCUT2D eigenvalue weighted by Gasteiger charge is 2.30. The molecule has 0 aliphatic carbocycles. The van der Waals surface area contributed by atoms with E-state index in [1.165, 1.54) is 6.07 Å². The van der Waals surface area contributed by atoms with Gasteiger partial charge in [0.15, 0.2) is 0 Å². The number of rotatable bonds is 5. The van der Waals surface area contributed by atoms with Crippen LogP contribution in [0.2, 0.25) is 5.02 Å². The lowest BCUT2D eigenvalue weighted by atomic mass is 10.0. The normalized spacial score (nSPS) is 14.4. The van der Waals surface area contributed by atoms with E-state index in [-0.39, 0.29) is 12.3 Å². The van der Waals surface area contributed by atoms with Crippen LogP contribution in [-0.4, -0.2) is 46.5 Å². The van der Waals surface area contributed by atoms with E-state index >= 15 is 0 Å². The Kier molecular flexibility index (Phi) is 6.73. The number of imidazole rings is 1. The van der Waals surface area contributed by atoms with Crippen LogP contribution in [0.1, 0.15) is 17.7 Å². The van der Waals surface area contributed by atoms with Gasteiger partial charge in [0.2, 0.25) is 5.91 Å². The molecule has 5 nitrogen and oxygen atoms in total. The molecule has 0 atom stereocenters. The Balaban J connectivity index is 1.55. The molecule has 0 bridgehead atoms. The van der Waals surface area contributed by atoms with Crippen LogP contribution in [0, 0.1) is 0 Å². The lowest BCUT2D eigenvalue weighted by Gasteiger charge is -2.26. The summed E-state index contributed by atoms with van der Waals surface area (Å²) in [5, 5.41) is 0.596. The van der Waals surface area contributed by atoms with Crippen molar-refractivity contribution in [2.45, 2.75) is 19.0 Å². The molecule has 0 unspecified atom stereocenters. The van der Waals surface area contributed by atoms with E-state index in [9.17, 15) is 18.0 Å². The summed E-state index contributed by atoms with van der Waals surface area (Å²) in [5.41, 5.74) is 3.37. The summed E-state index contributed by atoms with van der Waals surface area (Å²) >= 11 is 6.07. The average molecular weight is 514 g/mol. The Morgan fingerprint density at radius 3 is 2.42 bits per heavy atom. The molecule has 0 saturated carbocycles. The number of aromatic nitrogens is 2. The molecule has 0 radical (unpaired) electrons. The molecule has 3 heterocycles. The molecule has 4 aromatic rings. The van der Waals surface area contributed by atoms with Crippen molar-refractivity contribution in [1.29, 1.82) is 0 Å². The summed E-state index contributed by atoms with van der Waals surface area (Å²) in [7, 11) is 0. The number of morpholine rings is 1. The third kappa shape index (κ3) is 5.10. The largest absolute Gasteiger partial charge is 0.416 e. The average Bonchev–Trinajstić information content (AvgIpc) is 3.25. The Hall–Kier alpha value is -3.36. The Morgan fingerprint density at radius 2 is 1.69 bits per heavy atom. The highest BCUT2D eigenvalue weighted by atomic mass is 35.5. The highest BCUT2D eigenvalue weighted by molar-refractivity contribution is 6.30. The molecular formula is C27H23ClF3N3O2. The first kappa shape index (κ1) is 24.3. The summed E-state index contributed by atoms with van der Waals surface area (Å²) in [6.07, 6.45) is -1.95. The van der Waals surface area contributed by atoms with E-state index in [1.54, 1.807) is 41.4 Å². The first-order valence-corrected chi connectivity index (χ1v) is 12.0. The van der Waals surface area contributed by atoms with E-state index in [0.717, 1.165) is 23.4 Å². The molecule has 1 fully saturated rings. The van der Waals surface area contributed by atoms with Gasteiger partial charge in [0.25, 0.3) is 0 Å². The molecule has 1 aliphatic heterocycles. The number of halogens is 4. The van der Waals surface area contributed by atoms with Gasteiger partial charge >= 0.3 is 6.18 Å². The minimum atomic E-state index is -4.43. The Morgan fingerprint density at radius 1 is 0.972 bits per heavy atom. The monoisotopic (exact) mass is 513 g/mol. The molecule has 36 heavy (non-hydrogen) atoms. The molecule has 5 rings (SSSR count). The molecule has 1 amide bonds. The van der Waals surface area contributed by atoms with Crippen LogP contribution in [0.4, 0.5) is 13.2 Å². The number of hydrogen-bond acceptors (Lipinski definition) is 3. The van der Waals surface area contributed by atoms with Crippen molar-refractivity contribution in [1.82, 2.24) is 14.3 Å². The number of pyridine rings is 1. The summed E-state index contributed by atoms with van der Waals surface area (Å²) in [5.74, 6) is 0.0318. The summed E-state index contributed by atoms with van der Waals surface area (Å²) in [6, 6.07) is 16.1. The van der Waals surface area contributed by atoms with Crippen LogP contribution >= 0.6 is 11.6 Å². The molecular weight excluding hydrogens is 491 g/mol. The van der Waals surface area contributed by atoms with Gasteiger partial charge in [-0.1, -0.05) is 35.9 Å². The van der Waals surface area contributed by atoms with Crippen molar-refractivity contribution in [2.75, 3.05) is 26.3 Å². The SMILES string of the molecule is O=C(CCc1c(-c2ccc(Cl)cc2)nc2ccc(-c3cccc(C(F)(F)F)c3)cn12)N1CCOCC1. The van der Waals surface area contributed by atoms with E-state index in [4.69, 9.17) is 21.3 Å². The highest BCUT2D eigenvalue weighted by Crippen LogP contribution is 2.33. The number of amides is 1. The van der Waals surface area contributed by atoms with Gasteiger partial charge in [0, 0.05) is 36.3 Å². The van der Waals surface area contributed by atoms with Crippen molar-refractivity contribution < 1.29 is 22.7 Å². The van der Waals surface area contributed by atoms with Gasteiger partial charge < -0.3 is 14.0 Å². The second kappa shape index (κ2) is 9.95. The predicted molar refractivity (Wildman–Crippen MR) is 132 cm³/mol. The number of fused-ring (bicyclic) bond motifs is 1. The number of aryl methyl sites for hydroxylation is 1. The molecule has 9 heteroatoms. The second-order valence-corrected chi connectivity index (χ2v) is 9.07. The number of alkyl halides is 3. The minimum absolute atomic E-state index is 0.0318. The zero-order valence-electron chi connectivity index (χ0n) is 19.3. The fourth-order valence-electron chi connectivity index (χ4n) is 4.41. The topological polar surface area (TPSA) is 46.8 Å². The van der Waals surface area contributed by atoms with Crippen molar-refractivity contribution >= 4 is 23.2 Å². The molecule has 2 aromatic heterocycles. The van der Waals surface area contributed by atoms with Crippen LogP contribution < -0.4 is 0 Å². The fraction of sp³-hybridized carbons (Fsp3) is 0.259. The molecule has 186 valence electrons. The Bertz CT molecular complexity index is 1390. The lowest BCUT2D eigenvalue weighted by molar-refractivity contribution is -0.137. The summed E-state index contributed by atoms with van der Waals surface area (Å²) in [6.45, 7) is 2.18. The zero-order valence-corrected chi connectivity index (χ0v) is 20.0. The maximum absolute atomic E-state index is 13.3. The minimum Gasteiger partial charge on any atom is -0.378 e. The molecule has 2 aromatic carbocycles. The molecule has 0 spiro atoms. The van der Waals surface area contributed by atoms with E-state index in [2.05, 4.69) is 0 Å². The van der Waals surface area contributed by atoms with Gasteiger partial charge in [-0.25, -0.2) is 4.98 Å². The van der Waals surface area contributed by atoms with E-state index < -0.39 is 11.7 Å². The summed E-state index contributed by atoms with van der Waals surface area (Å²) in [4.78, 5) is 19.4. The van der Waals surface area contributed by atoms with Crippen LogP contribution in [0.3, 0.4) is 0 Å². The first-order valence-electron chi connectivity index (χ1n) is 11.6. The van der Waals surface area contributed by atoms with Gasteiger partial charge in [-0.2, -0.15) is 13.2 Å². The quantitative estimate of drug-likeness (QED) is 0.322. The lowest BCUT2D eigenvalue weighted by Crippen LogP contribution is -2.40. The number of ether oxygens (including phenoxy) is 1. The molecule has 1 aliphatic rings.